The highest BCUT2D eigenvalue weighted by molar-refractivity contribution is 6.11. The Kier molecular flexibility index (Phi) is 6.74. The van der Waals surface area contributed by atoms with Crippen LogP contribution in [0, 0.1) is 0 Å². The Morgan fingerprint density at radius 3 is 1.30 bits per heavy atom. The molecule has 4 aromatic rings. The van der Waals surface area contributed by atoms with Gasteiger partial charge in [-0.1, -0.05) is 97.1 Å². The number of aromatic hydroxyl groups is 2. The molecule has 2 N–H and O–H groups in total. The molecule has 0 aliphatic heterocycles. The molecule has 30 heavy (non-hydrogen) atoms. The van der Waals surface area contributed by atoms with Gasteiger partial charge in [0, 0.05) is 16.7 Å². The molecule has 0 saturated heterocycles. The molecule has 0 radical (unpaired) electrons. The lowest BCUT2D eigenvalue weighted by molar-refractivity contribution is 0.102. The monoisotopic (exact) mass is 396 g/mol. The second kappa shape index (κ2) is 9.85. The maximum atomic E-state index is 11.9. The van der Waals surface area contributed by atoms with Gasteiger partial charge in [-0.25, -0.2) is 0 Å². The smallest absolute Gasteiger partial charge is 0.196 e. The average Bonchev–Trinajstić information content (AvgIpc) is 2.82. The Balaban J connectivity index is 0.000000172. The Morgan fingerprint density at radius 2 is 0.867 bits per heavy atom. The highest BCUT2D eigenvalue weighted by atomic mass is 16.3. The van der Waals surface area contributed by atoms with Gasteiger partial charge in [-0.2, -0.15) is 0 Å². The van der Waals surface area contributed by atoms with Gasteiger partial charge in [0.1, 0.15) is 0 Å². The molecule has 0 aliphatic rings. The van der Waals surface area contributed by atoms with Crippen LogP contribution < -0.4 is 0 Å². The number of rotatable bonds is 4. The largest absolute Gasteiger partial charge is 0.504 e. The van der Waals surface area contributed by atoms with E-state index in [1.54, 1.807) is 30.3 Å². The lowest BCUT2D eigenvalue weighted by atomic mass is 10.0. The molecular formula is C26H20O4. The molecule has 148 valence electrons. The fourth-order valence-corrected chi connectivity index (χ4v) is 2.81. The van der Waals surface area contributed by atoms with E-state index in [9.17, 15) is 19.8 Å². The number of carbonyl (C=O) groups excluding carboxylic acids is 2. The third kappa shape index (κ3) is 5.00. The third-order valence-corrected chi connectivity index (χ3v) is 4.37. The zero-order chi connectivity index (χ0) is 21.3. The summed E-state index contributed by atoms with van der Waals surface area (Å²) in [6.45, 7) is 0. The fourth-order valence-electron chi connectivity index (χ4n) is 2.81. The summed E-state index contributed by atoms with van der Waals surface area (Å²) in [5.74, 6) is -0.904. The molecule has 4 heteroatoms. The second-order valence-corrected chi connectivity index (χ2v) is 6.43. The first kappa shape index (κ1) is 20.6. The number of hydrogen-bond acceptors (Lipinski definition) is 4. The van der Waals surface area contributed by atoms with Crippen LogP contribution in [0.15, 0.2) is 109 Å². The van der Waals surface area contributed by atoms with Crippen LogP contribution in [0.5, 0.6) is 11.5 Å². The molecule has 0 bridgehead atoms. The van der Waals surface area contributed by atoms with E-state index < -0.39 is 0 Å². The van der Waals surface area contributed by atoms with Crippen LogP contribution in [0.4, 0.5) is 0 Å². The molecule has 0 unspecified atom stereocenters. The van der Waals surface area contributed by atoms with E-state index in [4.69, 9.17) is 0 Å². The minimum atomic E-state index is -0.378. The number of phenolic OH excluding ortho intramolecular Hbond substituents is 2. The molecular weight excluding hydrogens is 376 g/mol. The Bertz CT molecular complexity index is 1080. The van der Waals surface area contributed by atoms with E-state index in [2.05, 4.69) is 0 Å². The predicted molar refractivity (Wildman–Crippen MR) is 116 cm³/mol. The fraction of sp³-hybridized carbons (Fsp3) is 0. The van der Waals surface area contributed by atoms with Gasteiger partial charge in [0.05, 0.1) is 5.56 Å². The van der Waals surface area contributed by atoms with Gasteiger partial charge < -0.3 is 10.2 Å². The number of hydrogen-bond donors (Lipinski definition) is 2. The summed E-state index contributed by atoms with van der Waals surface area (Å²) in [7, 11) is 0. The van der Waals surface area contributed by atoms with Gasteiger partial charge in [0.2, 0.25) is 0 Å². The van der Waals surface area contributed by atoms with Crippen LogP contribution in [0.3, 0.4) is 0 Å². The summed E-state index contributed by atoms with van der Waals surface area (Å²) in [5, 5.41) is 18.9. The standard InChI is InChI=1S/C13H10O3.C13H10O/c14-11-8-4-7-10(13(11)16)12(15)9-5-2-1-3-6-9;14-13(11-7-3-1-4-8-11)12-9-5-2-6-10-12/h1-8,14,16H;1-10H. The highest BCUT2D eigenvalue weighted by Gasteiger charge is 2.15. The van der Waals surface area contributed by atoms with Crippen molar-refractivity contribution in [3.63, 3.8) is 0 Å². The van der Waals surface area contributed by atoms with Gasteiger partial charge in [-0.3, -0.25) is 9.59 Å². The van der Waals surface area contributed by atoms with Crippen molar-refractivity contribution in [1.29, 1.82) is 0 Å². The molecule has 0 saturated carbocycles. The highest BCUT2D eigenvalue weighted by Crippen LogP contribution is 2.29. The summed E-state index contributed by atoms with van der Waals surface area (Å²) in [5.41, 5.74) is 2.05. The predicted octanol–water partition coefficient (Wildman–Crippen LogP) is 5.25. The quantitative estimate of drug-likeness (QED) is 0.365. The van der Waals surface area contributed by atoms with E-state index in [-0.39, 0.29) is 28.6 Å². The number of carbonyl (C=O) groups is 2. The van der Waals surface area contributed by atoms with Crippen LogP contribution in [-0.2, 0) is 0 Å². The van der Waals surface area contributed by atoms with Gasteiger partial charge in [-0.05, 0) is 12.1 Å². The van der Waals surface area contributed by atoms with Crippen molar-refractivity contribution in [3.05, 3.63) is 131 Å². The van der Waals surface area contributed by atoms with E-state index >= 15 is 0 Å². The Hall–Kier alpha value is -4.18. The molecule has 0 spiro atoms. The maximum absolute atomic E-state index is 11.9. The summed E-state index contributed by atoms with van der Waals surface area (Å²) in [4.78, 5) is 23.8. The first-order valence-corrected chi connectivity index (χ1v) is 9.33. The number of phenols is 2. The van der Waals surface area contributed by atoms with Gasteiger partial charge in [0.25, 0.3) is 0 Å². The van der Waals surface area contributed by atoms with Crippen LogP contribution in [0.2, 0.25) is 0 Å². The topological polar surface area (TPSA) is 74.6 Å². The van der Waals surface area contributed by atoms with Crippen LogP contribution in [0.1, 0.15) is 31.8 Å². The van der Waals surface area contributed by atoms with Crippen LogP contribution in [0.25, 0.3) is 0 Å². The first-order chi connectivity index (χ1) is 14.6. The summed E-state index contributed by atoms with van der Waals surface area (Å²) >= 11 is 0. The van der Waals surface area contributed by atoms with E-state index in [0.717, 1.165) is 11.1 Å². The molecule has 4 aromatic carbocycles. The SMILES string of the molecule is O=C(c1ccccc1)c1cccc(O)c1O.O=C(c1ccccc1)c1ccccc1. The minimum Gasteiger partial charge on any atom is -0.504 e. The van der Waals surface area contributed by atoms with Crippen LogP contribution in [-0.4, -0.2) is 21.8 Å². The molecule has 0 aliphatic carbocycles. The number of para-hydroxylation sites is 1. The molecule has 0 fully saturated rings. The van der Waals surface area contributed by atoms with E-state index in [0.29, 0.717) is 5.56 Å². The van der Waals surface area contributed by atoms with E-state index in [1.165, 1.54) is 18.2 Å². The molecule has 4 nitrogen and oxygen atoms in total. The van der Waals surface area contributed by atoms with Gasteiger partial charge in [0.15, 0.2) is 23.1 Å². The molecule has 0 atom stereocenters. The molecule has 0 heterocycles. The van der Waals surface area contributed by atoms with Crippen molar-refractivity contribution >= 4 is 11.6 Å². The van der Waals surface area contributed by atoms with Crippen molar-refractivity contribution in [2.75, 3.05) is 0 Å². The Morgan fingerprint density at radius 1 is 0.467 bits per heavy atom. The maximum Gasteiger partial charge on any atom is 0.196 e. The summed E-state index contributed by atoms with van der Waals surface area (Å²) in [6, 6.07) is 31.5. The average molecular weight is 396 g/mol. The lowest BCUT2D eigenvalue weighted by Crippen LogP contribution is -2.01. The van der Waals surface area contributed by atoms with Crippen molar-refractivity contribution in [3.8, 4) is 11.5 Å². The number of ketones is 2. The zero-order valence-corrected chi connectivity index (χ0v) is 16.1. The normalized spacial score (nSPS) is 9.87. The zero-order valence-electron chi connectivity index (χ0n) is 16.1. The summed E-state index contributed by atoms with van der Waals surface area (Å²) in [6.07, 6.45) is 0. The third-order valence-electron chi connectivity index (χ3n) is 4.37. The molecule has 0 aromatic heterocycles. The second-order valence-electron chi connectivity index (χ2n) is 6.43. The van der Waals surface area contributed by atoms with Crippen molar-refractivity contribution < 1.29 is 19.8 Å². The molecule has 4 rings (SSSR count). The van der Waals surface area contributed by atoms with Crippen molar-refractivity contribution in [1.82, 2.24) is 0 Å². The van der Waals surface area contributed by atoms with E-state index in [1.807, 2.05) is 60.7 Å². The lowest BCUT2D eigenvalue weighted by Gasteiger charge is -2.04. The van der Waals surface area contributed by atoms with Crippen molar-refractivity contribution in [2.45, 2.75) is 0 Å². The van der Waals surface area contributed by atoms with Gasteiger partial charge in [-0.15, -0.1) is 0 Å². The Labute approximate surface area is 174 Å². The minimum absolute atomic E-state index is 0.0752. The van der Waals surface area contributed by atoms with Crippen LogP contribution >= 0.6 is 0 Å². The number of benzene rings is 4. The summed E-state index contributed by atoms with van der Waals surface area (Å²) < 4.78 is 0. The molecule has 0 amide bonds. The van der Waals surface area contributed by atoms with Gasteiger partial charge >= 0.3 is 0 Å². The first-order valence-electron chi connectivity index (χ1n) is 9.33. The van der Waals surface area contributed by atoms with Crippen molar-refractivity contribution in [2.24, 2.45) is 0 Å².